The highest BCUT2D eigenvalue weighted by Gasteiger charge is 2.20. The number of primary amides is 1. The number of nitrogens with zero attached hydrogens (tertiary/aromatic N) is 2. The minimum absolute atomic E-state index is 0.0589. The average molecular weight is 320 g/mol. The second-order valence-electron chi connectivity index (χ2n) is 4.73. The van der Waals surface area contributed by atoms with Crippen molar-refractivity contribution in [3.8, 4) is 22.8 Å². The lowest BCUT2D eigenvalue weighted by atomic mass is 10.1. The Morgan fingerprint density at radius 3 is 2.83 bits per heavy atom. The summed E-state index contributed by atoms with van der Waals surface area (Å²) in [7, 11) is 1.54. The Morgan fingerprint density at radius 1 is 1.35 bits per heavy atom. The molecule has 0 atom stereocenters. The van der Waals surface area contributed by atoms with Crippen LogP contribution in [0.5, 0.6) is 11.5 Å². The number of ether oxygens (including phenoxy) is 4. The van der Waals surface area contributed by atoms with Gasteiger partial charge in [0.15, 0.2) is 23.5 Å². The topological polar surface area (TPSA) is 122 Å². The van der Waals surface area contributed by atoms with Crippen LogP contribution in [0.15, 0.2) is 18.2 Å². The minimum Gasteiger partial charge on any atom is -0.493 e. The first-order valence-corrected chi connectivity index (χ1v) is 6.94. The fourth-order valence-corrected chi connectivity index (χ4v) is 2.20. The van der Waals surface area contributed by atoms with E-state index < -0.39 is 12.2 Å². The van der Waals surface area contributed by atoms with Crippen molar-refractivity contribution >= 4 is 5.91 Å². The number of amides is 1. The molecule has 1 aromatic carbocycles. The summed E-state index contributed by atoms with van der Waals surface area (Å²) >= 11 is 0. The lowest BCUT2D eigenvalue weighted by Crippen LogP contribution is -2.18. The fraction of sp³-hybridized carbons (Fsp3) is 0.357. The zero-order chi connectivity index (χ0) is 16.2. The number of aromatic nitrogens is 3. The minimum atomic E-state index is -0.667. The Kier molecular flexibility index (Phi) is 4.40. The van der Waals surface area contributed by atoms with Crippen molar-refractivity contribution in [3.05, 3.63) is 23.9 Å². The number of methoxy groups -OCH3 is 1. The molecule has 0 unspecified atom stereocenters. The second kappa shape index (κ2) is 6.63. The molecule has 0 radical (unpaired) electrons. The first kappa shape index (κ1) is 15.3. The van der Waals surface area contributed by atoms with E-state index in [4.69, 9.17) is 24.7 Å². The second-order valence-corrected chi connectivity index (χ2v) is 4.73. The smallest absolute Gasteiger partial charge is 0.271 e. The monoisotopic (exact) mass is 320 g/mol. The Bertz CT molecular complexity index is 696. The molecule has 9 heteroatoms. The normalized spacial score (nSPS) is 14.8. The number of nitrogens with one attached hydrogen (secondary N) is 1. The van der Waals surface area contributed by atoms with Crippen LogP contribution in [0, 0.1) is 0 Å². The van der Waals surface area contributed by atoms with Gasteiger partial charge in [-0.3, -0.25) is 4.79 Å². The van der Waals surface area contributed by atoms with Gasteiger partial charge >= 0.3 is 0 Å². The van der Waals surface area contributed by atoms with Crippen LogP contribution in [0.3, 0.4) is 0 Å². The highest BCUT2D eigenvalue weighted by atomic mass is 16.7. The summed E-state index contributed by atoms with van der Waals surface area (Å²) in [5.41, 5.74) is 6.31. The molecule has 2 aromatic rings. The molecule has 3 rings (SSSR count). The maximum absolute atomic E-state index is 11.4. The molecule has 1 aliphatic heterocycles. The third-order valence-corrected chi connectivity index (χ3v) is 3.28. The molecule has 1 aliphatic rings. The summed E-state index contributed by atoms with van der Waals surface area (Å²) in [5, 5.41) is 10.1. The highest BCUT2D eigenvalue weighted by molar-refractivity contribution is 5.96. The number of carbonyl (C=O) groups excluding carboxylic acids is 1. The molecule has 9 nitrogen and oxygen atoms in total. The summed E-state index contributed by atoms with van der Waals surface area (Å²) in [6, 6.07) is 5.14. The molecular weight excluding hydrogens is 304 g/mol. The van der Waals surface area contributed by atoms with Gasteiger partial charge < -0.3 is 24.7 Å². The zero-order valence-corrected chi connectivity index (χ0v) is 12.4. The van der Waals surface area contributed by atoms with Crippen LogP contribution in [0.4, 0.5) is 0 Å². The third kappa shape index (κ3) is 3.25. The lowest BCUT2D eigenvalue weighted by Gasteiger charge is -2.14. The molecule has 23 heavy (non-hydrogen) atoms. The molecule has 1 saturated heterocycles. The van der Waals surface area contributed by atoms with Gasteiger partial charge in [-0.05, 0) is 18.2 Å². The molecule has 1 aromatic heterocycles. The highest BCUT2D eigenvalue weighted by Crippen LogP contribution is 2.32. The lowest BCUT2D eigenvalue weighted by molar-refractivity contribution is -0.0687. The molecule has 1 fully saturated rings. The zero-order valence-electron chi connectivity index (χ0n) is 12.4. The number of rotatable bonds is 6. The van der Waals surface area contributed by atoms with Gasteiger partial charge in [0.1, 0.15) is 12.3 Å². The largest absolute Gasteiger partial charge is 0.493 e. The molecule has 0 bridgehead atoms. The number of carbonyl (C=O) groups is 1. The van der Waals surface area contributed by atoms with Crippen molar-refractivity contribution in [1.29, 1.82) is 0 Å². The Morgan fingerprint density at radius 2 is 2.13 bits per heavy atom. The van der Waals surface area contributed by atoms with Crippen LogP contribution < -0.4 is 15.2 Å². The molecule has 1 amide bonds. The molecule has 0 aliphatic carbocycles. The van der Waals surface area contributed by atoms with E-state index in [2.05, 4.69) is 15.4 Å². The van der Waals surface area contributed by atoms with Gasteiger partial charge in [-0.15, -0.1) is 0 Å². The summed E-state index contributed by atoms with van der Waals surface area (Å²) in [5.74, 6) is 0.346. The van der Waals surface area contributed by atoms with Crippen molar-refractivity contribution in [2.75, 3.05) is 26.9 Å². The predicted molar refractivity (Wildman–Crippen MR) is 78.1 cm³/mol. The molecule has 0 saturated carbocycles. The molecule has 3 N–H and O–H groups in total. The van der Waals surface area contributed by atoms with E-state index in [1.54, 1.807) is 18.2 Å². The average Bonchev–Trinajstić information content (AvgIpc) is 3.23. The van der Waals surface area contributed by atoms with E-state index in [0.29, 0.717) is 36.0 Å². The van der Waals surface area contributed by atoms with Crippen molar-refractivity contribution in [1.82, 2.24) is 15.4 Å². The quantitative estimate of drug-likeness (QED) is 0.786. The van der Waals surface area contributed by atoms with Crippen molar-refractivity contribution in [3.63, 3.8) is 0 Å². The van der Waals surface area contributed by atoms with E-state index in [0.717, 1.165) is 0 Å². The van der Waals surface area contributed by atoms with Crippen molar-refractivity contribution < 1.29 is 23.7 Å². The van der Waals surface area contributed by atoms with E-state index in [1.807, 2.05) is 0 Å². The maximum atomic E-state index is 11.4. The number of H-pyrrole nitrogens is 1. The van der Waals surface area contributed by atoms with Gasteiger partial charge in [-0.25, -0.2) is 0 Å². The standard InChI is InChI=1S/C14H16N4O5/c1-20-9-3-2-8(12-13(14(15)19)17-18-16-12)6-10(9)23-7-11-21-4-5-22-11/h2-3,6,11H,4-5,7H2,1H3,(H2,15,19)(H,16,17,18). The van der Waals surface area contributed by atoms with Gasteiger partial charge in [0, 0.05) is 5.56 Å². The number of hydrogen-bond donors (Lipinski definition) is 2. The van der Waals surface area contributed by atoms with Gasteiger partial charge in [0.05, 0.1) is 20.3 Å². The summed E-state index contributed by atoms with van der Waals surface area (Å²) in [6.07, 6.45) is -0.406. The molecule has 0 spiro atoms. The van der Waals surface area contributed by atoms with Crippen LogP contribution >= 0.6 is 0 Å². The number of nitrogens with two attached hydrogens (primary N) is 1. The Balaban J connectivity index is 1.85. The van der Waals surface area contributed by atoms with Gasteiger partial charge in [-0.1, -0.05) is 0 Å². The number of hydrogen-bond acceptors (Lipinski definition) is 7. The van der Waals surface area contributed by atoms with E-state index in [9.17, 15) is 4.79 Å². The van der Waals surface area contributed by atoms with E-state index in [-0.39, 0.29) is 12.3 Å². The van der Waals surface area contributed by atoms with E-state index in [1.165, 1.54) is 7.11 Å². The third-order valence-electron chi connectivity index (χ3n) is 3.28. The summed E-state index contributed by atoms with van der Waals surface area (Å²) < 4.78 is 21.6. The molecular formula is C14H16N4O5. The van der Waals surface area contributed by atoms with Crippen LogP contribution in [0.1, 0.15) is 10.5 Å². The molecule has 122 valence electrons. The predicted octanol–water partition coefficient (Wildman–Crippen LogP) is 0.331. The van der Waals surface area contributed by atoms with Crippen molar-refractivity contribution in [2.45, 2.75) is 6.29 Å². The summed E-state index contributed by atoms with van der Waals surface area (Å²) in [4.78, 5) is 11.4. The van der Waals surface area contributed by atoms with Crippen LogP contribution in [-0.2, 0) is 9.47 Å². The first-order valence-electron chi connectivity index (χ1n) is 6.94. The Hall–Kier alpha value is -2.65. The van der Waals surface area contributed by atoms with E-state index >= 15 is 0 Å². The number of benzene rings is 1. The van der Waals surface area contributed by atoms with Crippen LogP contribution in [0.25, 0.3) is 11.3 Å². The van der Waals surface area contributed by atoms with Crippen LogP contribution in [-0.4, -0.2) is 54.5 Å². The Labute approximate surface area is 131 Å². The van der Waals surface area contributed by atoms with Gasteiger partial charge in [-0.2, -0.15) is 15.4 Å². The maximum Gasteiger partial charge on any atom is 0.271 e. The van der Waals surface area contributed by atoms with Crippen molar-refractivity contribution in [2.24, 2.45) is 5.73 Å². The molecule has 2 heterocycles. The van der Waals surface area contributed by atoms with Crippen LogP contribution in [0.2, 0.25) is 0 Å². The van der Waals surface area contributed by atoms with Gasteiger partial charge in [0.25, 0.3) is 5.91 Å². The van der Waals surface area contributed by atoms with Gasteiger partial charge in [0.2, 0.25) is 0 Å². The number of aromatic amines is 1. The SMILES string of the molecule is COc1ccc(-c2n[nH]nc2C(N)=O)cc1OCC1OCCO1. The fourth-order valence-electron chi connectivity index (χ4n) is 2.20. The summed E-state index contributed by atoms with van der Waals surface area (Å²) in [6.45, 7) is 1.32. The first-order chi connectivity index (χ1) is 11.2.